The number of aromatic amines is 1. The molecule has 1 amide bonds. The number of hydrogen-bond donors (Lipinski definition) is 2. The molecule has 0 fully saturated rings. The highest BCUT2D eigenvalue weighted by molar-refractivity contribution is 7.14. The molecule has 1 aliphatic rings. The molecule has 0 spiro atoms. The fourth-order valence-electron chi connectivity index (χ4n) is 3.86. The van der Waals surface area contributed by atoms with E-state index in [1.165, 1.54) is 34.4 Å². The highest BCUT2D eigenvalue weighted by atomic mass is 32.1. The van der Waals surface area contributed by atoms with Crippen LogP contribution in [0.25, 0.3) is 22.3 Å². The number of pyridine rings is 1. The van der Waals surface area contributed by atoms with Crippen LogP contribution in [0.5, 0.6) is 0 Å². The Morgan fingerprint density at radius 2 is 2.18 bits per heavy atom. The summed E-state index contributed by atoms with van der Waals surface area (Å²) in [5.74, 6) is 0.548. The Morgan fingerprint density at radius 3 is 3.04 bits per heavy atom. The fourth-order valence-corrected chi connectivity index (χ4v) is 4.56. The standard InChI is InChI=1S/C22H20N4OS/c1-13-5-7-17-15(10-13)16-11-14(6-8-18(16)24-17)21(27)26-22-25-20(12-28-22)19-4-2-3-9-23-19/h2-4,6,8-9,11-13,24H,5,7,10H2,1H3,(H,25,26,27). The van der Waals surface area contributed by atoms with E-state index in [2.05, 4.69) is 27.2 Å². The van der Waals surface area contributed by atoms with Crippen LogP contribution in [0.1, 0.15) is 35.0 Å². The molecule has 0 saturated carbocycles. The molecular weight excluding hydrogens is 368 g/mol. The number of aryl methyl sites for hydroxylation is 1. The molecule has 0 bridgehead atoms. The van der Waals surface area contributed by atoms with Gasteiger partial charge in [-0.05, 0) is 61.1 Å². The molecule has 3 aromatic heterocycles. The number of nitrogens with one attached hydrogen (secondary N) is 2. The number of carbonyl (C=O) groups is 1. The van der Waals surface area contributed by atoms with Crippen LogP contribution in [-0.2, 0) is 12.8 Å². The molecule has 1 unspecified atom stereocenters. The molecular formula is C22H20N4OS. The van der Waals surface area contributed by atoms with Gasteiger partial charge in [0.1, 0.15) is 5.69 Å². The van der Waals surface area contributed by atoms with Crippen molar-refractivity contribution in [1.82, 2.24) is 15.0 Å². The first-order valence-electron chi connectivity index (χ1n) is 9.49. The Labute approximate surface area is 166 Å². The summed E-state index contributed by atoms with van der Waals surface area (Å²) in [6.45, 7) is 2.29. The molecule has 28 heavy (non-hydrogen) atoms. The molecule has 1 aromatic carbocycles. The highest BCUT2D eigenvalue weighted by Crippen LogP contribution is 2.32. The lowest BCUT2D eigenvalue weighted by atomic mass is 9.87. The van der Waals surface area contributed by atoms with E-state index < -0.39 is 0 Å². The molecule has 0 saturated heterocycles. The van der Waals surface area contributed by atoms with Crippen LogP contribution in [0.2, 0.25) is 0 Å². The van der Waals surface area contributed by atoms with Crippen LogP contribution in [0, 0.1) is 5.92 Å². The van der Waals surface area contributed by atoms with E-state index >= 15 is 0 Å². The first kappa shape index (κ1) is 17.1. The van der Waals surface area contributed by atoms with Crippen molar-refractivity contribution in [2.75, 3.05) is 5.32 Å². The second-order valence-corrected chi connectivity index (χ2v) is 8.26. The van der Waals surface area contributed by atoms with Gasteiger partial charge in [0.2, 0.25) is 0 Å². The number of fused-ring (bicyclic) bond motifs is 3. The Bertz CT molecular complexity index is 1160. The maximum Gasteiger partial charge on any atom is 0.257 e. The topological polar surface area (TPSA) is 70.7 Å². The van der Waals surface area contributed by atoms with Gasteiger partial charge in [-0.1, -0.05) is 13.0 Å². The van der Waals surface area contributed by atoms with Gasteiger partial charge in [-0.15, -0.1) is 11.3 Å². The Morgan fingerprint density at radius 1 is 1.25 bits per heavy atom. The second kappa shape index (κ2) is 6.87. The Hall–Kier alpha value is -2.99. The fraction of sp³-hybridized carbons (Fsp3) is 0.227. The summed E-state index contributed by atoms with van der Waals surface area (Å²) in [6, 6.07) is 11.6. The third-order valence-corrected chi connectivity index (χ3v) is 6.11. The van der Waals surface area contributed by atoms with Gasteiger partial charge in [-0.25, -0.2) is 4.98 Å². The van der Waals surface area contributed by atoms with Crippen LogP contribution in [-0.4, -0.2) is 20.9 Å². The van der Waals surface area contributed by atoms with Gasteiger partial charge in [0.25, 0.3) is 5.91 Å². The quantitative estimate of drug-likeness (QED) is 0.515. The number of hydrogen-bond acceptors (Lipinski definition) is 4. The largest absolute Gasteiger partial charge is 0.358 e. The van der Waals surface area contributed by atoms with Crippen LogP contribution >= 0.6 is 11.3 Å². The first-order valence-corrected chi connectivity index (χ1v) is 10.4. The van der Waals surface area contributed by atoms with Crippen molar-refractivity contribution >= 4 is 33.3 Å². The summed E-state index contributed by atoms with van der Waals surface area (Å²) >= 11 is 1.41. The summed E-state index contributed by atoms with van der Waals surface area (Å²) in [7, 11) is 0. The van der Waals surface area contributed by atoms with E-state index in [1.54, 1.807) is 6.20 Å². The lowest BCUT2D eigenvalue weighted by Crippen LogP contribution is -2.12. The van der Waals surface area contributed by atoms with E-state index in [1.807, 2.05) is 41.8 Å². The average Bonchev–Trinajstić information content (AvgIpc) is 3.32. The number of benzene rings is 1. The summed E-state index contributed by atoms with van der Waals surface area (Å²) in [4.78, 5) is 25.1. The molecule has 4 aromatic rings. The van der Waals surface area contributed by atoms with Gasteiger partial charge >= 0.3 is 0 Å². The molecule has 5 rings (SSSR count). The molecule has 0 radical (unpaired) electrons. The molecule has 0 aliphatic heterocycles. The zero-order chi connectivity index (χ0) is 19.1. The monoisotopic (exact) mass is 388 g/mol. The Balaban J connectivity index is 1.40. The van der Waals surface area contributed by atoms with Gasteiger partial charge in [-0.2, -0.15) is 0 Å². The van der Waals surface area contributed by atoms with Crippen molar-refractivity contribution in [3.63, 3.8) is 0 Å². The molecule has 5 nitrogen and oxygen atoms in total. The zero-order valence-electron chi connectivity index (χ0n) is 15.5. The lowest BCUT2D eigenvalue weighted by molar-refractivity contribution is 0.102. The Kier molecular flexibility index (Phi) is 4.20. The molecule has 1 atom stereocenters. The van der Waals surface area contributed by atoms with Crippen molar-refractivity contribution in [3.05, 3.63) is 64.8 Å². The van der Waals surface area contributed by atoms with Crippen LogP contribution in [0.15, 0.2) is 48.0 Å². The second-order valence-electron chi connectivity index (χ2n) is 7.40. The van der Waals surface area contributed by atoms with E-state index in [4.69, 9.17) is 0 Å². The minimum Gasteiger partial charge on any atom is -0.358 e. The minimum absolute atomic E-state index is 0.136. The summed E-state index contributed by atoms with van der Waals surface area (Å²) in [5, 5.41) is 6.58. The SMILES string of the molecule is CC1CCc2[nH]c3ccc(C(=O)Nc4nc(-c5ccccn5)cs4)cc3c2C1. The molecule has 6 heteroatoms. The van der Waals surface area contributed by atoms with Crippen molar-refractivity contribution in [2.45, 2.75) is 26.2 Å². The average molecular weight is 388 g/mol. The van der Waals surface area contributed by atoms with Crippen LogP contribution < -0.4 is 5.32 Å². The molecule has 1 aliphatic carbocycles. The normalized spacial score (nSPS) is 16.1. The van der Waals surface area contributed by atoms with Crippen molar-refractivity contribution < 1.29 is 4.79 Å². The lowest BCUT2D eigenvalue weighted by Gasteiger charge is -2.18. The number of rotatable bonds is 3. The molecule has 2 N–H and O–H groups in total. The van der Waals surface area contributed by atoms with Crippen LogP contribution in [0.4, 0.5) is 5.13 Å². The van der Waals surface area contributed by atoms with E-state index in [-0.39, 0.29) is 5.91 Å². The van der Waals surface area contributed by atoms with E-state index in [9.17, 15) is 4.79 Å². The predicted octanol–water partition coefficient (Wildman–Crippen LogP) is 5.06. The number of aromatic nitrogens is 3. The molecule has 140 valence electrons. The summed E-state index contributed by atoms with van der Waals surface area (Å²) in [6.07, 6.45) is 5.11. The number of amides is 1. The number of thiazole rings is 1. The van der Waals surface area contributed by atoms with Gasteiger partial charge in [0, 0.05) is 33.7 Å². The van der Waals surface area contributed by atoms with Crippen molar-refractivity contribution in [1.29, 1.82) is 0 Å². The van der Waals surface area contributed by atoms with E-state index in [0.717, 1.165) is 29.7 Å². The van der Waals surface area contributed by atoms with Crippen LogP contribution in [0.3, 0.4) is 0 Å². The van der Waals surface area contributed by atoms with Crippen molar-refractivity contribution in [3.8, 4) is 11.4 Å². The maximum atomic E-state index is 12.8. The van der Waals surface area contributed by atoms with Gasteiger partial charge in [0.15, 0.2) is 5.13 Å². The minimum atomic E-state index is -0.136. The van der Waals surface area contributed by atoms with Gasteiger partial charge in [-0.3, -0.25) is 15.1 Å². The maximum absolute atomic E-state index is 12.8. The number of nitrogens with zero attached hydrogens (tertiary/aromatic N) is 2. The van der Waals surface area contributed by atoms with Gasteiger partial charge in [0.05, 0.1) is 5.69 Å². The van der Waals surface area contributed by atoms with Crippen molar-refractivity contribution in [2.24, 2.45) is 5.92 Å². The smallest absolute Gasteiger partial charge is 0.257 e. The summed E-state index contributed by atoms with van der Waals surface area (Å²) in [5.41, 5.74) is 6.03. The number of H-pyrrole nitrogens is 1. The number of carbonyl (C=O) groups excluding carboxylic acids is 1. The summed E-state index contributed by atoms with van der Waals surface area (Å²) < 4.78 is 0. The highest BCUT2D eigenvalue weighted by Gasteiger charge is 2.20. The third kappa shape index (κ3) is 3.10. The first-order chi connectivity index (χ1) is 13.7. The predicted molar refractivity (Wildman–Crippen MR) is 113 cm³/mol. The molecule has 3 heterocycles. The van der Waals surface area contributed by atoms with Gasteiger partial charge < -0.3 is 4.98 Å². The zero-order valence-corrected chi connectivity index (χ0v) is 16.3. The van der Waals surface area contributed by atoms with E-state index in [0.29, 0.717) is 16.6 Å². The number of anilines is 1. The third-order valence-electron chi connectivity index (χ3n) is 5.35.